The van der Waals surface area contributed by atoms with E-state index in [0.29, 0.717) is 27.8 Å². The van der Waals surface area contributed by atoms with Gasteiger partial charge in [0.1, 0.15) is 22.7 Å². The summed E-state index contributed by atoms with van der Waals surface area (Å²) in [5.41, 5.74) is 0.490. The minimum Gasteiger partial charge on any atom is -0.480 e. The minimum absolute atomic E-state index is 0.0540. The highest BCUT2D eigenvalue weighted by Gasteiger charge is 2.34. The second kappa shape index (κ2) is 10.3. The third-order valence-electron chi connectivity index (χ3n) is 5.80. The molecule has 0 radical (unpaired) electrons. The van der Waals surface area contributed by atoms with Crippen LogP contribution in [0.3, 0.4) is 0 Å². The zero-order valence-electron chi connectivity index (χ0n) is 20.2. The van der Waals surface area contributed by atoms with E-state index in [0.717, 1.165) is 32.6 Å². The topological polar surface area (TPSA) is 159 Å². The summed E-state index contributed by atoms with van der Waals surface area (Å²) in [6, 6.07) is 3.47. The summed E-state index contributed by atoms with van der Waals surface area (Å²) < 4.78 is 12.0. The number of benzene rings is 1. The van der Waals surface area contributed by atoms with Crippen LogP contribution in [-0.2, 0) is 20.9 Å². The lowest BCUT2D eigenvalue weighted by Crippen LogP contribution is -2.36. The molecule has 3 N–H and O–H groups in total. The Hall–Kier alpha value is -3.31. The Morgan fingerprint density at radius 2 is 1.77 bits per heavy atom. The SMILES string of the molecule is CC(C)C(C=C1Sc2cc3c(cc2N1CC(=O)O)OCO3)=c1sc(=C2SC(=S)N(O)C2=O)n(CC(=O)O)c1=O. The van der Waals surface area contributed by atoms with Crippen molar-refractivity contribution >= 4 is 85.4 Å². The number of fused-ring (bicyclic) bond motifs is 2. The molecule has 1 aromatic carbocycles. The molecule has 1 aromatic heterocycles. The number of hydrogen-bond donors (Lipinski definition) is 3. The number of thiazole rings is 1. The first-order valence-corrected chi connectivity index (χ1v) is 14.1. The van der Waals surface area contributed by atoms with Gasteiger partial charge in [0.05, 0.1) is 15.2 Å². The van der Waals surface area contributed by atoms with E-state index in [1.165, 1.54) is 11.8 Å². The van der Waals surface area contributed by atoms with Crippen molar-refractivity contribution in [2.45, 2.75) is 25.3 Å². The first-order valence-electron chi connectivity index (χ1n) is 11.2. The minimum atomic E-state index is -1.29. The number of carbonyl (C=O) groups excluding carboxylic acids is 1. The fraction of sp³-hybridized carbons (Fsp3) is 0.261. The van der Waals surface area contributed by atoms with Gasteiger partial charge in [0.25, 0.3) is 11.5 Å². The number of aromatic nitrogens is 1. The predicted molar refractivity (Wildman–Crippen MR) is 147 cm³/mol. The third kappa shape index (κ3) is 4.93. The second-order valence-corrected chi connectivity index (χ2v) is 12.4. The number of thiocarbonyl (C=S) groups is 1. The van der Waals surface area contributed by atoms with Gasteiger partial charge in [-0.2, -0.15) is 5.06 Å². The van der Waals surface area contributed by atoms with Gasteiger partial charge >= 0.3 is 11.9 Å². The number of allylic oxidation sites excluding steroid dienone is 1. The fourth-order valence-electron chi connectivity index (χ4n) is 4.05. The van der Waals surface area contributed by atoms with Gasteiger partial charge in [-0.15, -0.1) is 11.3 Å². The summed E-state index contributed by atoms with van der Waals surface area (Å²) in [6.45, 7) is 2.67. The average molecular weight is 610 g/mol. The number of aliphatic carboxylic acids is 2. The molecule has 0 spiro atoms. The Bertz CT molecular complexity index is 1670. The van der Waals surface area contributed by atoms with E-state index in [1.54, 1.807) is 23.1 Å². The van der Waals surface area contributed by atoms with Crippen molar-refractivity contribution in [3.63, 3.8) is 0 Å². The summed E-state index contributed by atoms with van der Waals surface area (Å²) in [5.74, 6) is -2.44. The quantitative estimate of drug-likeness (QED) is 0.319. The molecule has 39 heavy (non-hydrogen) atoms. The van der Waals surface area contributed by atoms with E-state index < -0.39 is 29.9 Å². The van der Waals surface area contributed by atoms with Crippen LogP contribution < -0.4 is 29.1 Å². The molecule has 2 aromatic rings. The lowest BCUT2D eigenvalue weighted by molar-refractivity contribution is -0.140. The summed E-state index contributed by atoms with van der Waals surface area (Å²) in [6.07, 6.45) is 1.70. The molecule has 1 amide bonds. The van der Waals surface area contributed by atoms with Gasteiger partial charge in [-0.25, -0.2) is 0 Å². The summed E-state index contributed by atoms with van der Waals surface area (Å²) in [7, 11) is 0. The zero-order valence-corrected chi connectivity index (χ0v) is 23.5. The van der Waals surface area contributed by atoms with E-state index in [2.05, 4.69) is 0 Å². The number of carboxylic acids is 2. The molecule has 0 aliphatic carbocycles. The number of amides is 1. The van der Waals surface area contributed by atoms with E-state index in [9.17, 15) is 34.6 Å². The van der Waals surface area contributed by atoms with E-state index >= 15 is 0 Å². The molecule has 1 fully saturated rings. The molecule has 0 unspecified atom stereocenters. The Labute approximate surface area is 237 Å². The monoisotopic (exact) mass is 609 g/mol. The zero-order chi connectivity index (χ0) is 28.2. The van der Waals surface area contributed by atoms with E-state index in [-0.39, 0.29) is 42.7 Å². The maximum absolute atomic E-state index is 13.6. The first-order chi connectivity index (χ1) is 18.5. The number of hydroxylamine groups is 2. The van der Waals surface area contributed by atoms with Crippen LogP contribution >= 0.6 is 47.1 Å². The first kappa shape index (κ1) is 27.3. The maximum Gasteiger partial charge on any atom is 0.323 e. The van der Waals surface area contributed by atoms with E-state index in [4.69, 9.17) is 21.7 Å². The molecule has 4 heterocycles. The fourth-order valence-corrected chi connectivity index (χ4v) is 7.72. The Morgan fingerprint density at radius 1 is 1.10 bits per heavy atom. The van der Waals surface area contributed by atoms with Crippen molar-refractivity contribution in [2.24, 2.45) is 5.92 Å². The molecule has 204 valence electrons. The van der Waals surface area contributed by atoms with E-state index in [1.807, 2.05) is 13.8 Å². The molecule has 3 aliphatic heterocycles. The number of rotatable bonds is 6. The molecule has 5 rings (SSSR count). The van der Waals surface area contributed by atoms with Gasteiger partial charge in [-0.3, -0.25) is 29.0 Å². The second-order valence-electron chi connectivity index (χ2n) is 8.68. The van der Waals surface area contributed by atoms with Crippen LogP contribution in [0.5, 0.6) is 11.5 Å². The largest absolute Gasteiger partial charge is 0.480 e. The van der Waals surface area contributed by atoms with Crippen molar-refractivity contribution in [3.8, 4) is 11.5 Å². The van der Waals surface area contributed by atoms with Crippen molar-refractivity contribution in [3.05, 3.63) is 42.8 Å². The predicted octanol–water partition coefficient (Wildman–Crippen LogP) is 1.43. The Kier molecular flexibility index (Phi) is 7.23. The summed E-state index contributed by atoms with van der Waals surface area (Å²) >= 11 is 7.95. The van der Waals surface area contributed by atoms with Gasteiger partial charge in [0.15, 0.2) is 15.8 Å². The van der Waals surface area contributed by atoms with Gasteiger partial charge in [0, 0.05) is 17.0 Å². The molecule has 0 saturated carbocycles. The Morgan fingerprint density at radius 3 is 2.36 bits per heavy atom. The number of carboxylic acid groups (broad SMARTS) is 2. The molecule has 1 saturated heterocycles. The number of carbonyl (C=O) groups is 3. The molecule has 3 aliphatic rings. The number of thioether (sulfide) groups is 2. The summed E-state index contributed by atoms with van der Waals surface area (Å²) in [4.78, 5) is 51.8. The maximum atomic E-state index is 13.6. The molecule has 0 bridgehead atoms. The standard InChI is InChI=1S/C23H19N3O9S4/c1-9(2)10(3-15-24(6-16(27)28)11-4-12-13(35-8-34-12)5-14(11)37-15)18-20(31)25(7-17(29)30)22(38-18)19-21(32)26(33)23(36)39-19/h3-5,9,33H,6-8H2,1-2H3,(H,27,28)(H,29,30). The summed E-state index contributed by atoms with van der Waals surface area (Å²) in [5, 5.41) is 29.8. The van der Waals surface area contributed by atoms with Gasteiger partial charge in [0.2, 0.25) is 6.79 Å². The number of nitrogens with zero attached hydrogens (tertiary/aromatic N) is 3. The molecule has 12 nitrogen and oxygen atoms in total. The van der Waals surface area contributed by atoms with Crippen molar-refractivity contribution in [1.82, 2.24) is 9.63 Å². The molecular weight excluding hydrogens is 591 g/mol. The lowest BCUT2D eigenvalue weighted by atomic mass is 10.0. The highest BCUT2D eigenvalue weighted by atomic mass is 32.2. The molecule has 16 heteroatoms. The Balaban J connectivity index is 1.74. The average Bonchev–Trinajstić information content (AvgIpc) is 3.59. The van der Waals surface area contributed by atoms with Crippen LogP contribution in [0.2, 0.25) is 0 Å². The lowest BCUT2D eigenvalue weighted by Gasteiger charge is -2.19. The van der Waals surface area contributed by atoms with Crippen molar-refractivity contribution in [2.75, 3.05) is 18.2 Å². The normalized spacial score (nSPS) is 19.4. The van der Waals surface area contributed by atoms with Gasteiger partial charge < -0.3 is 24.6 Å². The van der Waals surface area contributed by atoms with Gasteiger partial charge in [-0.1, -0.05) is 25.6 Å². The highest BCUT2D eigenvalue weighted by Crippen LogP contribution is 2.51. The van der Waals surface area contributed by atoms with Crippen LogP contribution in [0.15, 0.2) is 32.9 Å². The third-order valence-corrected chi connectivity index (χ3v) is 9.60. The van der Waals surface area contributed by atoms with Gasteiger partial charge in [-0.05, 0) is 41.5 Å². The highest BCUT2D eigenvalue weighted by molar-refractivity contribution is 8.30. The van der Waals surface area contributed by atoms with Crippen molar-refractivity contribution < 1.29 is 39.3 Å². The number of ether oxygens (including phenoxy) is 2. The van der Waals surface area contributed by atoms with Crippen LogP contribution in [0, 0.1) is 5.92 Å². The molecule has 0 atom stereocenters. The van der Waals surface area contributed by atoms with Crippen LogP contribution in [0.1, 0.15) is 13.8 Å². The van der Waals surface area contributed by atoms with Crippen LogP contribution in [-0.4, -0.2) is 60.6 Å². The van der Waals surface area contributed by atoms with Crippen LogP contribution in [0.25, 0.3) is 10.5 Å². The number of anilines is 1. The smallest absolute Gasteiger partial charge is 0.323 e. The number of hydrogen-bond acceptors (Lipinski definition) is 12. The van der Waals surface area contributed by atoms with Crippen LogP contribution in [0.4, 0.5) is 5.69 Å². The van der Waals surface area contributed by atoms with Crippen molar-refractivity contribution in [1.29, 1.82) is 0 Å². The molecular formula is C23H19N3O9S4.